The van der Waals surface area contributed by atoms with Crippen LogP contribution in [0, 0.1) is 0 Å². The van der Waals surface area contributed by atoms with Crippen molar-refractivity contribution in [2.45, 2.75) is 12.5 Å². The highest BCUT2D eigenvalue weighted by Crippen LogP contribution is 2.33. The van der Waals surface area contributed by atoms with E-state index < -0.39 is 0 Å². The fourth-order valence-corrected chi connectivity index (χ4v) is 3.86. The number of aromatic nitrogens is 3. The Kier molecular flexibility index (Phi) is 5.08. The molecule has 3 N–H and O–H groups in total. The zero-order valence-electron chi connectivity index (χ0n) is 17.4. The van der Waals surface area contributed by atoms with Crippen molar-refractivity contribution in [3.05, 3.63) is 72.7 Å². The second-order valence-corrected chi connectivity index (χ2v) is 7.43. The number of methoxy groups -OCH3 is 1. The summed E-state index contributed by atoms with van der Waals surface area (Å²) in [7, 11) is 1.51. The summed E-state index contributed by atoms with van der Waals surface area (Å²) in [6.45, 7) is 0.469. The van der Waals surface area contributed by atoms with Gasteiger partial charge in [-0.3, -0.25) is 4.84 Å². The monoisotopic (exact) mass is 430 g/mol. The molecular formula is C23H22N6O3. The van der Waals surface area contributed by atoms with E-state index in [1.807, 2.05) is 59.1 Å². The number of imidazole rings is 1. The predicted octanol–water partition coefficient (Wildman–Crippen LogP) is 3.90. The Morgan fingerprint density at radius 3 is 2.84 bits per heavy atom. The number of anilines is 2. The van der Waals surface area contributed by atoms with Gasteiger partial charge in [0.25, 0.3) is 0 Å². The fourth-order valence-electron chi connectivity index (χ4n) is 3.86. The number of nitrogens with zero attached hydrogens (tertiary/aromatic N) is 4. The standard InChI is InChI=1S/C23H22N6O3/c1-31-22-18(26-23(30)29-19(9-10-32-29)15-5-3-2-4-6-15)11-17(12-25-22)16-7-8-21-27-20(24)14-28(21)13-16/h2-8,11-14,19H,9-10,24H2,1H3,(H,26,30)/t19-/m0/s1. The normalized spacial score (nSPS) is 15.8. The molecule has 0 spiro atoms. The van der Waals surface area contributed by atoms with Crippen LogP contribution >= 0.6 is 0 Å². The average Bonchev–Trinajstić information content (AvgIpc) is 3.45. The molecule has 0 aliphatic carbocycles. The molecule has 5 rings (SSSR count). The topological polar surface area (TPSA) is 107 Å². The van der Waals surface area contributed by atoms with Gasteiger partial charge in [0.05, 0.1) is 26.0 Å². The molecule has 4 heterocycles. The van der Waals surface area contributed by atoms with Gasteiger partial charge in [0.2, 0.25) is 5.88 Å². The Morgan fingerprint density at radius 1 is 1.19 bits per heavy atom. The fraction of sp³-hybridized carbons (Fsp3) is 0.174. The summed E-state index contributed by atoms with van der Waals surface area (Å²) in [5.41, 5.74) is 9.69. The van der Waals surface area contributed by atoms with Crippen molar-refractivity contribution in [3.63, 3.8) is 0 Å². The van der Waals surface area contributed by atoms with Crippen LogP contribution in [0.2, 0.25) is 0 Å². The van der Waals surface area contributed by atoms with E-state index in [1.54, 1.807) is 12.4 Å². The third-order valence-electron chi connectivity index (χ3n) is 5.38. The van der Waals surface area contributed by atoms with Crippen LogP contribution in [0.25, 0.3) is 16.8 Å². The zero-order chi connectivity index (χ0) is 22.1. The van der Waals surface area contributed by atoms with Crippen LogP contribution in [-0.4, -0.2) is 39.2 Å². The first-order valence-electron chi connectivity index (χ1n) is 10.2. The van der Waals surface area contributed by atoms with Crippen LogP contribution in [0.5, 0.6) is 5.88 Å². The third kappa shape index (κ3) is 3.69. The summed E-state index contributed by atoms with van der Waals surface area (Å²) in [6.07, 6.45) is 6.06. The van der Waals surface area contributed by atoms with Crippen LogP contribution in [0.1, 0.15) is 18.0 Å². The molecule has 9 nitrogen and oxygen atoms in total. The summed E-state index contributed by atoms with van der Waals surface area (Å²) in [4.78, 5) is 27.3. The van der Waals surface area contributed by atoms with Crippen molar-refractivity contribution in [2.75, 3.05) is 24.8 Å². The number of hydroxylamine groups is 2. The van der Waals surface area contributed by atoms with E-state index in [0.29, 0.717) is 24.0 Å². The van der Waals surface area contributed by atoms with Crippen LogP contribution in [0.3, 0.4) is 0 Å². The van der Waals surface area contributed by atoms with Crippen molar-refractivity contribution in [3.8, 4) is 17.0 Å². The summed E-state index contributed by atoms with van der Waals surface area (Å²) in [5.74, 6) is 0.757. The van der Waals surface area contributed by atoms with E-state index in [0.717, 1.165) is 28.8 Å². The lowest BCUT2D eigenvalue weighted by atomic mass is 10.1. The molecule has 1 aliphatic heterocycles. The van der Waals surface area contributed by atoms with Crippen molar-refractivity contribution in [1.29, 1.82) is 0 Å². The molecule has 1 saturated heterocycles. The summed E-state index contributed by atoms with van der Waals surface area (Å²) >= 11 is 0. The first-order chi connectivity index (χ1) is 15.6. The molecule has 1 atom stereocenters. The second-order valence-electron chi connectivity index (χ2n) is 7.43. The number of pyridine rings is 2. The first-order valence-corrected chi connectivity index (χ1v) is 10.2. The highest BCUT2D eigenvalue weighted by Gasteiger charge is 2.32. The lowest BCUT2D eigenvalue weighted by Gasteiger charge is -2.23. The molecule has 32 heavy (non-hydrogen) atoms. The van der Waals surface area contributed by atoms with Crippen molar-refractivity contribution < 1.29 is 14.4 Å². The number of hydrogen-bond acceptors (Lipinski definition) is 6. The van der Waals surface area contributed by atoms with Gasteiger partial charge in [-0.2, -0.15) is 5.06 Å². The number of hydrogen-bond donors (Lipinski definition) is 2. The van der Waals surface area contributed by atoms with Crippen LogP contribution in [-0.2, 0) is 4.84 Å². The van der Waals surface area contributed by atoms with Crippen LogP contribution in [0.4, 0.5) is 16.3 Å². The van der Waals surface area contributed by atoms with Gasteiger partial charge in [-0.1, -0.05) is 30.3 Å². The van der Waals surface area contributed by atoms with Gasteiger partial charge in [0.1, 0.15) is 17.2 Å². The minimum Gasteiger partial charge on any atom is -0.480 e. The van der Waals surface area contributed by atoms with E-state index in [4.69, 9.17) is 15.3 Å². The lowest BCUT2D eigenvalue weighted by Crippen LogP contribution is -2.33. The van der Waals surface area contributed by atoms with Crippen LogP contribution < -0.4 is 15.8 Å². The van der Waals surface area contributed by atoms with Crippen LogP contribution in [0.15, 0.2) is 67.1 Å². The number of amides is 2. The highest BCUT2D eigenvalue weighted by molar-refractivity contribution is 5.91. The van der Waals surface area contributed by atoms with E-state index in [2.05, 4.69) is 15.3 Å². The number of nitrogens with two attached hydrogens (primary N) is 1. The largest absolute Gasteiger partial charge is 0.480 e. The molecule has 162 valence electrons. The maximum absolute atomic E-state index is 13.1. The maximum Gasteiger partial charge on any atom is 0.346 e. The highest BCUT2D eigenvalue weighted by atomic mass is 16.7. The molecule has 0 unspecified atom stereocenters. The molecule has 1 aromatic carbocycles. The SMILES string of the molecule is COc1ncc(-c2ccc3nc(N)cn3c2)cc1NC(=O)N1OCC[C@H]1c1ccccc1. The van der Waals surface area contributed by atoms with Gasteiger partial charge < -0.3 is 20.2 Å². The quantitative estimate of drug-likeness (QED) is 0.509. The number of benzene rings is 1. The van der Waals surface area contributed by atoms with E-state index in [9.17, 15) is 4.79 Å². The Balaban J connectivity index is 1.43. The molecule has 1 fully saturated rings. The van der Waals surface area contributed by atoms with Gasteiger partial charge in [0, 0.05) is 29.9 Å². The van der Waals surface area contributed by atoms with E-state index in [1.165, 1.54) is 12.2 Å². The number of ether oxygens (including phenoxy) is 1. The second kappa shape index (κ2) is 8.20. The zero-order valence-corrected chi connectivity index (χ0v) is 17.4. The molecule has 4 aromatic rings. The minimum atomic E-state index is -0.383. The Morgan fingerprint density at radius 2 is 2.03 bits per heavy atom. The molecule has 3 aromatic heterocycles. The number of urea groups is 1. The molecule has 9 heteroatoms. The van der Waals surface area contributed by atoms with E-state index in [-0.39, 0.29) is 12.1 Å². The Bertz CT molecular complexity index is 1270. The smallest absolute Gasteiger partial charge is 0.346 e. The van der Waals surface area contributed by atoms with Crippen molar-refractivity contribution >= 4 is 23.2 Å². The molecule has 0 bridgehead atoms. The van der Waals surface area contributed by atoms with Gasteiger partial charge >= 0.3 is 6.03 Å². The van der Waals surface area contributed by atoms with Gasteiger partial charge in [-0.25, -0.2) is 14.8 Å². The number of carbonyl (C=O) groups is 1. The third-order valence-corrected chi connectivity index (χ3v) is 5.38. The Hall–Kier alpha value is -4.11. The number of rotatable bonds is 4. The minimum absolute atomic E-state index is 0.160. The first kappa shape index (κ1) is 19.8. The molecular weight excluding hydrogens is 408 g/mol. The average molecular weight is 430 g/mol. The summed E-state index contributed by atoms with van der Waals surface area (Å²) in [6, 6.07) is 14.9. The maximum atomic E-state index is 13.1. The predicted molar refractivity (Wildman–Crippen MR) is 120 cm³/mol. The molecule has 1 aliphatic rings. The van der Waals surface area contributed by atoms with Crippen molar-refractivity contribution in [2.24, 2.45) is 0 Å². The number of nitrogen functional groups attached to an aromatic ring is 1. The van der Waals surface area contributed by atoms with Gasteiger partial charge in [-0.15, -0.1) is 0 Å². The lowest BCUT2D eigenvalue weighted by molar-refractivity contribution is -0.0830. The number of carbonyl (C=O) groups excluding carboxylic acids is 1. The molecule has 0 saturated carbocycles. The Labute approximate surface area is 184 Å². The molecule has 2 amide bonds. The summed E-state index contributed by atoms with van der Waals surface area (Å²) in [5, 5.41) is 4.27. The number of fused-ring (bicyclic) bond motifs is 1. The van der Waals surface area contributed by atoms with E-state index >= 15 is 0 Å². The number of nitrogens with one attached hydrogen (secondary N) is 1. The summed E-state index contributed by atoms with van der Waals surface area (Å²) < 4.78 is 7.21. The van der Waals surface area contributed by atoms with Crippen molar-refractivity contribution in [1.82, 2.24) is 19.4 Å². The molecule has 0 radical (unpaired) electrons. The van der Waals surface area contributed by atoms with Gasteiger partial charge in [-0.05, 0) is 23.8 Å². The van der Waals surface area contributed by atoms with Gasteiger partial charge in [0.15, 0.2) is 0 Å².